The third-order valence-electron chi connectivity index (χ3n) is 9.71. The molecule has 0 saturated carbocycles. The molecule has 0 aliphatic carbocycles. The van der Waals surface area contributed by atoms with Gasteiger partial charge in [-0.15, -0.1) is 0 Å². The van der Waals surface area contributed by atoms with Gasteiger partial charge in [0.05, 0.1) is 0 Å². The van der Waals surface area contributed by atoms with E-state index in [1.54, 1.807) is 0 Å². The van der Waals surface area contributed by atoms with Gasteiger partial charge >= 0.3 is 11.9 Å². The molecule has 0 spiro atoms. The Hall–Kier alpha value is -2.62. The average molecular weight is 737 g/mol. The highest BCUT2D eigenvalue weighted by atomic mass is 16.5. The highest BCUT2D eigenvalue weighted by Gasteiger charge is 2.14. The van der Waals surface area contributed by atoms with Crippen molar-refractivity contribution in [2.75, 3.05) is 0 Å². The number of hydrogen-bond acceptors (Lipinski definition) is 3. The Labute approximate surface area is 328 Å². The molecular weight excluding hydrogens is 653 g/mol. The van der Waals surface area contributed by atoms with Crippen LogP contribution in [0.2, 0.25) is 0 Å². The van der Waals surface area contributed by atoms with E-state index in [0.717, 1.165) is 96.3 Å². The molecule has 4 nitrogen and oxygen atoms in total. The number of aliphatic carboxylic acids is 1. The quantitative estimate of drug-likeness (QED) is 0.0386. The van der Waals surface area contributed by atoms with Crippen molar-refractivity contribution in [1.29, 1.82) is 0 Å². The maximum Gasteiger partial charge on any atom is 0.306 e. The van der Waals surface area contributed by atoms with Crippen LogP contribution in [0.3, 0.4) is 0 Å². The summed E-state index contributed by atoms with van der Waals surface area (Å²) in [6.07, 6.45) is 62.2. The lowest BCUT2D eigenvalue weighted by Crippen LogP contribution is -2.18. The van der Waals surface area contributed by atoms with Crippen LogP contribution in [0.25, 0.3) is 0 Å². The van der Waals surface area contributed by atoms with Crippen LogP contribution in [0.1, 0.15) is 219 Å². The normalized spacial score (nSPS) is 12.9. The third-order valence-corrected chi connectivity index (χ3v) is 9.71. The summed E-state index contributed by atoms with van der Waals surface area (Å²) in [5.74, 6) is -0.785. The van der Waals surface area contributed by atoms with Crippen molar-refractivity contribution in [2.45, 2.75) is 225 Å². The molecule has 0 radical (unpaired) electrons. The zero-order valence-corrected chi connectivity index (χ0v) is 34.8. The van der Waals surface area contributed by atoms with Crippen molar-refractivity contribution in [3.8, 4) is 0 Å². The molecule has 0 heterocycles. The van der Waals surface area contributed by atoms with Gasteiger partial charge in [0, 0.05) is 12.8 Å². The summed E-state index contributed by atoms with van der Waals surface area (Å²) in [7, 11) is 0. The van der Waals surface area contributed by atoms with Crippen LogP contribution in [-0.4, -0.2) is 23.1 Å². The number of unbranched alkanes of at least 4 members (excludes halogenated alkanes) is 19. The largest absolute Gasteiger partial charge is 0.481 e. The van der Waals surface area contributed by atoms with Crippen molar-refractivity contribution in [3.05, 3.63) is 72.9 Å². The fourth-order valence-corrected chi connectivity index (χ4v) is 6.45. The first-order valence-electron chi connectivity index (χ1n) is 22.4. The minimum atomic E-state index is -0.709. The molecule has 0 saturated heterocycles. The highest BCUT2D eigenvalue weighted by Crippen LogP contribution is 2.19. The molecule has 1 N–H and O–H groups in total. The fourth-order valence-electron chi connectivity index (χ4n) is 6.45. The topological polar surface area (TPSA) is 63.6 Å². The van der Waals surface area contributed by atoms with Crippen molar-refractivity contribution in [3.63, 3.8) is 0 Å². The zero-order valence-electron chi connectivity index (χ0n) is 34.8. The molecule has 0 aromatic rings. The summed E-state index contributed by atoms with van der Waals surface area (Å²) >= 11 is 0. The Balaban J connectivity index is 4.16. The molecule has 304 valence electrons. The van der Waals surface area contributed by atoms with E-state index in [4.69, 9.17) is 9.84 Å². The monoisotopic (exact) mass is 737 g/mol. The standard InChI is InChI=1S/C49H84O4/c1-3-5-7-9-11-13-15-17-19-21-22-23-25-27-29-31-33-38-42-46-49(52)53-47(44-40-36-34-37-41-45-48(50)51)43-39-35-32-30-28-26-24-20-18-16-14-12-10-8-6-4-2/h5,7,11,13,17,19,22-23,27,29,33,38,47H,3-4,6,8-10,12,14-16,18,20-21,24-26,28,30-32,34-37,39-46H2,1-2H3,(H,50,51)/b7-5-,13-11-,19-17-,23-22-,29-27-,38-33-. The van der Waals surface area contributed by atoms with Crippen LogP contribution >= 0.6 is 0 Å². The van der Waals surface area contributed by atoms with Crippen LogP contribution in [0.4, 0.5) is 0 Å². The van der Waals surface area contributed by atoms with Gasteiger partial charge in [0.2, 0.25) is 0 Å². The molecule has 53 heavy (non-hydrogen) atoms. The molecule has 0 aromatic carbocycles. The predicted octanol–water partition coefficient (Wildman–Crippen LogP) is 15.8. The molecule has 0 aliphatic rings. The van der Waals surface area contributed by atoms with Crippen molar-refractivity contribution >= 4 is 11.9 Å². The summed E-state index contributed by atoms with van der Waals surface area (Å²) < 4.78 is 5.99. The van der Waals surface area contributed by atoms with Gasteiger partial charge in [-0.05, 0) is 77.0 Å². The zero-order chi connectivity index (χ0) is 38.6. The van der Waals surface area contributed by atoms with E-state index in [9.17, 15) is 9.59 Å². The number of ether oxygens (including phenoxy) is 1. The number of esters is 1. The second-order valence-corrected chi connectivity index (χ2v) is 14.9. The molecule has 0 rings (SSSR count). The second-order valence-electron chi connectivity index (χ2n) is 14.9. The Morgan fingerprint density at radius 1 is 0.434 bits per heavy atom. The molecule has 1 atom stereocenters. The Bertz CT molecular complexity index is 969. The number of carbonyl (C=O) groups excluding carboxylic acids is 1. The number of hydrogen-bond donors (Lipinski definition) is 1. The fraction of sp³-hybridized carbons (Fsp3) is 0.714. The van der Waals surface area contributed by atoms with E-state index in [1.165, 1.54) is 96.3 Å². The molecule has 0 fully saturated rings. The van der Waals surface area contributed by atoms with Crippen molar-refractivity contribution in [1.82, 2.24) is 0 Å². The summed E-state index contributed by atoms with van der Waals surface area (Å²) in [5.41, 5.74) is 0. The van der Waals surface area contributed by atoms with E-state index in [0.29, 0.717) is 6.42 Å². The maximum atomic E-state index is 12.7. The average Bonchev–Trinajstić information content (AvgIpc) is 3.14. The van der Waals surface area contributed by atoms with E-state index in [2.05, 4.69) is 86.8 Å². The minimum absolute atomic E-state index is 0.0124. The summed E-state index contributed by atoms with van der Waals surface area (Å²) in [4.78, 5) is 23.5. The van der Waals surface area contributed by atoms with Gasteiger partial charge < -0.3 is 9.84 Å². The second kappa shape index (κ2) is 43.8. The van der Waals surface area contributed by atoms with Gasteiger partial charge in [0.1, 0.15) is 6.10 Å². The van der Waals surface area contributed by atoms with Crippen LogP contribution in [-0.2, 0) is 14.3 Å². The van der Waals surface area contributed by atoms with Gasteiger partial charge in [-0.25, -0.2) is 0 Å². The number of allylic oxidation sites excluding steroid dienone is 12. The minimum Gasteiger partial charge on any atom is -0.481 e. The smallest absolute Gasteiger partial charge is 0.306 e. The summed E-state index contributed by atoms with van der Waals surface area (Å²) in [6, 6.07) is 0. The van der Waals surface area contributed by atoms with Gasteiger partial charge in [-0.1, -0.05) is 202 Å². The first kappa shape index (κ1) is 50.4. The number of carboxylic acid groups (broad SMARTS) is 1. The number of carboxylic acids is 1. The molecule has 1 unspecified atom stereocenters. The molecule has 0 amide bonds. The van der Waals surface area contributed by atoms with E-state index in [1.807, 2.05) is 0 Å². The lowest BCUT2D eigenvalue weighted by molar-refractivity contribution is -0.149. The lowest BCUT2D eigenvalue weighted by Gasteiger charge is -2.18. The molecule has 0 aliphatic heterocycles. The van der Waals surface area contributed by atoms with Crippen molar-refractivity contribution < 1.29 is 19.4 Å². The molecule has 0 bridgehead atoms. The maximum absolute atomic E-state index is 12.7. The molecule has 0 aromatic heterocycles. The van der Waals surface area contributed by atoms with Gasteiger partial charge in [-0.3, -0.25) is 9.59 Å². The van der Waals surface area contributed by atoms with E-state index in [-0.39, 0.29) is 18.5 Å². The predicted molar refractivity (Wildman–Crippen MR) is 231 cm³/mol. The number of carbonyl (C=O) groups is 2. The SMILES string of the molecule is CC/C=C\C/C=C\C/C=C\C/C=C\C/C=C\C/C=C\CCC(=O)OC(CCCCCCCCCCCCCCCCCC)CCCCCCCC(=O)O. The van der Waals surface area contributed by atoms with E-state index >= 15 is 0 Å². The molecule has 4 heteroatoms. The lowest BCUT2D eigenvalue weighted by atomic mass is 10.0. The first-order valence-corrected chi connectivity index (χ1v) is 22.4. The van der Waals surface area contributed by atoms with Crippen LogP contribution < -0.4 is 0 Å². The van der Waals surface area contributed by atoms with Gasteiger partial charge in [0.25, 0.3) is 0 Å². The molecular formula is C49H84O4. The Morgan fingerprint density at radius 2 is 0.774 bits per heavy atom. The van der Waals surface area contributed by atoms with Crippen LogP contribution in [0.5, 0.6) is 0 Å². The third kappa shape index (κ3) is 43.7. The van der Waals surface area contributed by atoms with Crippen LogP contribution in [0, 0.1) is 0 Å². The Morgan fingerprint density at radius 3 is 1.15 bits per heavy atom. The number of rotatable bonds is 40. The summed E-state index contributed by atoms with van der Waals surface area (Å²) in [6.45, 7) is 4.44. The Kier molecular flexibility index (Phi) is 41.6. The summed E-state index contributed by atoms with van der Waals surface area (Å²) in [5, 5.41) is 8.85. The first-order chi connectivity index (χ1) is 26.1. The highest BCUT2D eigenvalue weighted by molar-refractivity contribution is 5.69. The van der Waals surface area contributed by atoms with Gasteiger partial charge in [0.15, 0.2) is 0 Å². The van der Waals surface area contributed by atoms with Gasteiger partial charge in [-0.2, -0.15) is 0 Å². The van der Waals surface area contributed by atoms with Crippen LogP contribution in [0.15, 0.2) is 72.9 Å². The van der Waals surface area contributed by atoms with Crippen molar-refractivity contribution in [2.24, 2.45) is 0 Å². The van der Waals surface area contributed by atoms with E-state index < -0.39 is 5.97 Å².